The van der Waals surface area contributed by atoms with Gasteiger partial charge in [0.25, 0.3) is 0 Å². The molecule has 0 aliphatic carbocycles. The Bertz CT molecular complexity index is 503. The van der Waals surface area contributed by atoms with Crippen LogP contribution in [0.2, 0.25) is 0 Å². The van der Waals surface area contributed by atoms with Crippen LogP contribution in [-0.4, -0.2) is 28.4 Å². The second-order valence-electron chi connectivity index (χ2n) is 3.15. The SMILES string of the molecule is C/C=C\C=Nc1cc(C(=O)O)ccc1C(=O)O. The molecule has 0 atom stereocenters. The van der Waals surface area contributed by atoms with Gasteiger partial charge in [-0.1, -0.05) is 6.08 Å². The van der Waals surface area contributed by atoms with Crippen LogP contribution in [0.3, 0.4) is 0 Å². The van der Waals surface area contributed by atoms with Crippen molar-refractivity contribution in [2.24, 2.45) is 4.99 Å². The smallest absolute Gasteiger partial charge is 0.337 e. The van der Waals surface area contributed by atoms with Crippen molar-refractivity contribution in [3.05, 3.63) is 41.5 Å². The Labute approximate surface area is 97.7 Å². The van der Waals surface area contributed by atoms with Crippen LogP contribution in [0.15, 0.2) is 35.3 Å². The molecule has 5 heteroatoms. The van der Waals surface area contributed by atoms with Gasteiger partial charge in [-0.2, -0.15) is 0 Å². The summed E-state index contributed by atoms with van der Waals surface area (Å²) in [5.74, 6) is -2.26. The van der Waals surface area contributed by atoms with E-state index in [1.807, 2.05) is 0 Å². The van der Waals surface area contributed by atoms with Gasteiger partial charge >= 0.3 is 11.9 Å². The summed E-state index contributed by atoms with van der Waals surface area (Å²) in [6, 6.07) is 3.69. The Kier molecular flexibility index (Phi) is 4.16. The molecule has 0 aromatic heterocycles. The maximum Gasteiger partial charge on any atom is 0.337 e. The number of rotatable bonds is 4. The quantitative estimate of drug-likeness (QED) is 0.781. The van der Waals surface area contributed by atoms with Crippen molar-refractivity contribution in [3.63, 3.8) is 0 Å². The molecule has 0 aliphatic rings. The number of carboxylic acids is 2. The first kappa shape index (κ1) is 12.6. The number of aliphatic imine (C=N–C) groups is 1. The van der Waals surface area contributed by atoms with Crippen molar-refractivity contribution in [2.45, 2.75) is 6.92 Å². The molecule has 0 saturated carbocycles. The summed E-state index contributed by atoms with van der Waals surface area (Å²) in [4.78, 5) is 25.6. The van der Waals surface area contributed by atoms with Crippen molar-refractivity contribution >= 4 is 23.8 Å². The summed E-state index contributed by atoms with van der Waals surface area (Å²) in [6.07, 6.45) is 4.76. The van der Waals surface area contributed by atoms with Gasteiger partial charge in [0.1, 0.15) is 0 Å². The largest absolute Gasteiger partial charge is 0.478 e. The van der Waals surface area contributed by atoms with Gasteiger partial charge in [-0.15, -0.1) is 0 Å². The van der Waals surface area contributed by atoms with E-state index in [1.54, 1.807) is 19.1 Å². The number of nitrogens with zero attached hydrogens (tertiary/aromatic N) is 1. The fraction of sp³-hybridized carbons (Fsp3) is 0.0833. The number of allylic oxidation sites excluding steroid dienone is 2. The topological polar surface area (TPSA) is 87.0 Å². The average Bonchev–Trinajstić information content (AvgIpc) is 2.28. The normalized spacial score (nSPS) is 11.1. The number of hydrogen-bond acceptors (Lipinski definition) is 3. The molecule has 0 aliphatic heterocycles. The lowest BCUT2D eigenvalue weighted by molar-refractivity contribution is 0.0682. The van der Waals surface area contributed by atoms with E-state index in [4.69, 9.17) is 10.2 Å². The van der Waals surface area contributed by atoms with Crippen molar-refractivity contribution < 1.29 is 19.8 Å². The lowest BCUT2D eigenvalue weighted by atomic mass is 10.1. The Morgan fingerprint density at radius 3 is 2.47 bits per heavy atom. The van der Waals surface area contributed by atoms with Gasteiger partial charge in [-0.05, 0) is 31.2 Å². The molecule has 0 saturated heterocycles. The number of carbonyl (C=O) groups is 2. The van der Waals surface area contributed by atoms with Crippen LogP contribution in [0, 0.1) is 0 Å². The van der Waals surface area contributed by atoms with E-state index in [1.165, 1.54) is 24.4 Å². The predicted octanol–water partition coefficient (Wildman–Crippen LogP) is 2.36. The molecule has 2 N–H and O–H groups in total. The van der Waals surface area contributed by atoms with Crippen LogP contribution in [-0.2, 0) is 0 Å². The highest BCUT2D eigenvalue weighted by atomic mass is 16.4. The zero-order valence-electron chi connectivity index (χ0n) is 9.12. The van der Waals surface area contributed by atoms with Crippen LogP contribution >= 0.6 is 0 Å². The lowest BCUT2D eigenvalue weighted by Crippen LogP contribution is -2.01. The van der Waals surface area contributed by atoms with E-state index in [0.717, 1.165) is 0 Å². The molecule has 0 fully saturated rings. The molecule has 17 heavy (non-hydrogen) atoms. The first-order chi connectivity index (χ1) is 8.06. The van der Waals surface area contributed by atoms with E-state index in [-0.39, 0.29) is 16.8 Å². The Hall–Kier alpha value is -2.43. The molecule has 0 heterocycles. The maximum absolute atomic E-state index is 10.9. The molecule has 1 aromatic carbocycles. The van der Waals surface area contributed by atoms with Crippen LogP contribution in [0.4, 0.5) is 5.69 Å². The van der Waals surface area contributed by atoms with Gasteiger partial charge in [0, 0.05) is 6.21 Å². The minimum Gasteiger partial charge on any atom is -0.478 e. The summed E-state index contributed by atoms with van der Waals surface area (Å²) >= 11 is 0. The van der Waals surface area contributed by atoms with Gasteiger partial charge < -0.3 is 10.2 Å². The maximum atomic E-state index is 10.9. The molecule has 0 spiro atoms. The van der Waals surface area contributed by atoms with Crippen LogP contribution < -0.4 is 0 Å². The molecule has 88 valence electrons. The summed E-state index contributed by atoms with van der Waals surface area (Å²) in [7, 11) is 0. The van der Waals surface area contributed by atoms with E-state index in [2.05, 4.69) is 4.99 Å². The molecule has 0 radical (unpaired) electrons. The second-order valence-corrected chi connectivity index (χ2v) is 3.15. The monoisotopic (exact) mass is 233 g/mol. The van der Waals surface area contributed by atoms with Crippen molar-refractivity contribution in [1.29, 1.82) is 0 Å². The Morgan fingerprint density at radius 2 is 1.94 bits per heavy atom. The van der Waals surface area contributed by atoms with Gasteiger partial charge in [0.15, 0.2) is 0 Å². The molecular weight excluding hydrogens is 222 g/mol. The average molecular weight is 233 g/mol. The molecule has 1 rings (SSSR count). The van der Waals surface area contributed by atoms with Crippen molar-refractivity contribution in [3.8, 4) is 0 Å². The van der Waals surface area contributed by atoms with Gasteiger partial charge in [-0.3, -0.25) is 4.99 Å². The third kappa shape index (κ3) is 3.27. The molecule has 0 bridgehead atoms. The van der Waals surface area contributed by atoms with E-state index in [9.17, 15) is 9.59 Å². The van der Waals surface area contributed by atoms with Gasteiger partial charge in [0.2, 0.25) is 0 Å². The Morgan fingerprint density at radius 1 is 1.24 bits per heavy atom. The molecule has 0 amide bonds. The number of hydrogen-bond donors (Lipinski definition) is 2. The third-order valence-electron chi connectivity index (χ3n) is 1.97. The van der Waals surface area contributed by atoms with E-state index >= 15 is 0 Å². The summed E-state index contributed by atoms with van der Waals surface area (Å²) < 4.78 is 0. The zero-order chi connectivity index (χ0) is 12.8. The van der Waals surface area contributed by atoms with Crippen molar-refractivity contribution in [2.75, 3.05) is 0 Å². The highest BCUT2D eigenvalue weighted by Gasteiger charge is 2.12. The number of aromatic carboxylic acids is 2. The minimum atomic E-state index is -1.14. The fourth-order valence-corrected chi connectivity index (χ4v) is 1.16. The zero-order valence-corrected chi connectivity index (χ0v) is 9.12. The predicted molar refractivity (Wildman–Crippen MR) is 63.3 cm³/mol. The third-order valence-corrected chi connectivity index (χ3v) is 1.97. The van der Waals surface area contributed by atoms with Crippen LogP contribution in [0.5, 0.6) is 0 Å². The second kappa shape index (κ2) is 5.60. The summed E-state index contributed by atoms with van der Waals surface area (Å²) in [5.41, 5.74) is 0.0916. The fourth-order valence-electron chi connectivity index (χ4n) is 1.16. The van der Waals surface area contributed by atoms with Gasteiger partial charge in [-0.25, -0.2) is 9.59 Å². The van der Waals surface area contributed by atoms with Crippen LogP contribution in [0.25, 0.3) is 0 Å². The van der Waals surface area contributed by atoms with E-state index in [0.29, 0.717) is 0 Å². The summed E-state index contributed by atoms with van der Waals surface area (Å²) in [6.45, 7) is 1.79. The van der Waals surface area contributed by atoms with Gasteiger partial charge in [0.05, 0.1) is 16.8 Å². The minimum absolute atomic E-state index is 0.00243. The Balaban J connectivity index is 3.25. The highest BCUT2D eigenvalue weighted by molar-refractivity contribution is 5.97. The standard InChI is InChI=1S/C12H11NO4/c1-2-3-6-13-10-7-8(11(14)15)4-5-9(10)12(16)17/h2-7H,1H3,(H,14,15)(H,16,17)/b3-2-,13-6?. The molecule has 5 nitrogen and oxygen atoms in total. The first-order valence-corrected chi connectivity index (χ1v) is 4.82. The first-order valence-electron chi connectivity index (χ1n) is 4.82. The van der Waals surface area contributed by atoms with Crippen molar-refractivity contribution in [1.82, 2.24) is 0 Å². The highest BCUT2D eigenvalue weighted by Crippen LogP contribution is 2.21. The number of carboxylic acid groups (broad SMARTS) is 2. The van der Waals surface area contributed by atoms with E-state index < -0.39 is 11.9 Å². The molecule has 1 aromatic rings. The molecular formula is C12H11NO4. The summed E-state index contributed by atoms with van der Waals surface area (Å²) in [5, 5.41) is 17.7. The van der Waals surface area contributed by atoms with Crippen LogP contribution in [0.1, 0.15) is 27.6 Å². The number of benzene rings is 1. The molecule has 0 unspecified atom stereocenters. The lowest BCUT2D eigenvalue weighted by Gasteiger charge is -2.01.